The number of piperazine rings is 1. The molecule has 1 N–H and O–H groups in total. The maximum atomic E-state index is 12.8. The molecule has 0 saturated carbocycles. The zero-order valence-corrected chi connectivity index (χ0v) is 18.8. The van der Waals surface area contributed by atoms with Crippen LogP contribution < -0.4 is 10.2 Å². The maximum absolute atomic E-state index is 12.8. The largest absolute Gasteiger partial charge is 0.368 e. The maximum Gasteiger partial charge on any atom is 0.231 e. The number of nitrogens with zero attached hydrogens (tertiary/aromatic N) is 2. The summed E-state index contributed by atoms with van der Waals surface area (Å²) in [5, 5.41) is 3.06. The van der Waals surface area contributed by atoms with Crippen molar-refractivity contribution in [1.82, 2.24) is 4.90 Å². The Bertz CT molecular complexity index is 827. The van der Waals surface area contributed by atoms with Gasteiger partial charge >= 0.3 is 0 Å². The number of carbonyl (C=O) groups is 2. The minimum absolute atomic E-state index is 0.0247. The second-order valence-electron chi connectivity index (χ2n) is 8.23. The number of benzene rings is 2. The lowest BCUT2D eigenvalue weighted by Crippen LogP contribution is -2.48. The Morgan fingerprint density at radius 2 is 1.58 bits per heavy atom. The molecule has 3 rings (SSSR count). The van der Waals surface area contributed by atoms with Gasteiger partial charge in [-0.25, -0.2) is 0 Å². The molecule has 1 aliphatic rings. The Kier molecular flexibility index (Phi) is 8.51. The number of hydrogen-bond donors (Lipinski definition) is 1. The molecule has 2 amide bonds. The van der Waals surface area contributed by atoms with Crippen LogP contribution in [0.25, 0.3) is 0 Å². The van der Waals surface area contributed by atoms with Gasteiger partial charge in [-0.3, -0.25) is 9.59 Å². The van der Waals surface area contributed by atoms with Crippen LogP contribution in [0, 0.1) is 0 Å². The smallest absolute Gasteiger partial charge is 0.231 e. The Hall–Kier alpha value is -2.82. The first-order valence-electron chi connectivity index (χ1n) is 11.6. The molecule has 1 aliphatic heterocycles. The van der Waals surface area contributed by atoms with Gasteiger partial charge in [0.15, 0.2) is 0 Å². The molecule has 0 aliphatic carbocycles. The van der Waals surface area contributed by atoms with Crippen molar-refractivity contribution < 1.29 is 9.59 Å². The highest BCUT2D eigenvalue weighted by Crippen LogP contribution is 2.24. The molecular formula is C26H35N3O2. The monoisotopic (exact) mass is 421 g/mol. The highest BCUT2D eigenvalue weighted by Gasteiger charge is 2.21. The van der Waals surface area contributed by atoms with E-state index in [4.69, 9.17) is 0 Å². The van der Waals surface area contributed by atoms with Crippen molar-refractivity contribution in [1.29, 1.82) is 0 Å². The summed E-state index contributed by atoms with van der Waals surface area (Å²) in [5.74, 6) is 0.163. The molecule has 1 heterocycles. The third-order valence-corrected chi connectivity index (χ3v) is 6.05. The molecule has 0 spiro atoms. The van der Waals surface area contributed by atoms with Crippen LogP contribution in [0.15, 0.2) is 54.6 Å². The standard InChI is InChI=1S/C26H35N3O2/c1-3-5-7-12-25(30)29-19-17-28(18-20-29)23-15-13-22(14-16-23)27-26(31)24(4-2)21-10-8-6-9-11-21/h6,8-11,13-16,24H,3-5,7,12,17-20H2,1-2H3,(H,27,31)/t24-/m0/s1. The van der Waals surface area contributed by atoms with E-state index in [1.165, 1.54) is 0 Å². The first-order valence-corrected chi connectivity index (χ1v) is 11.6. The Morgan fingerprint density at radius 3 is 2.19 bits per heavy atom. The number of hydrogen-bond acceptors (Lipinski definition) is 3. The van der Waals surface area contributed by atoms with Crippen molar-refractivity contribution >= 4 is 23.2 Å². The molecule has 2 aromatic rings. The summed E-state index contributed by atoms with van der Waals surface area (Å²) in [6, 6.07) is 18.0. The summed E-state index contributed by atoms with van der Waals surface area (Å²) >= 11 is 0. The Balaban J connectivity index is 1.51. The second-order valence-corrected chi connectivity index (χ2v) is 8.23. The van der Waals surface area contributed by atoms with Crippen molar-refractivity contribution in [2.24, 2.45) is 0 Å². The molecule has 1 saturated heterocycles. The lowest BCUT2D eigenvalue weighted by Gasteiger charge is -2.36. The molecular weight excluding hydrogens is 386 g/mol. The van der Waals surface area contributed by atoms with Gasteiger partial charge in [-0.05, 0) is 42.7 Å². The zero-order chi connectivity index (χ0) is 22.1. The van der Waals surface area contributed by atoms with Gasteiger partial charge in [0.1, 0.15) is 0 Å². The molecule has 0 radical (unpaired) electrons. The van der Waals surface area contributed by atoms with Crippen LogP contribution in [0.4, 0.5) is 11.4 Å². The second kappa shape index (κ2) is 11.5. The van der Waals surface area contributed by atoms with Gasteiger partial charge in [0, 0.05) is 44.0 Å². The fourth-order valence-corrected chi connectivity index (χ4v) is 4.14. The molecule has 0 bridgehead atoms. The van der Waals surface area contributed by atoms with Crippen LogP contribution in [-0.2, 0) is 9.59 Å². The number of nitrogens with one attached hydrogen (secondary N) is 1. The number of anilines is 2. The minimum atomic E-state index is -0.149. The molecule has 0 unspecified atom stereocenters. The average molecular weight is 422 g/mol. The van der Waals surface area contributed by atoms with Gasteiger partial charge in [0.25, 0.3) is 0 Å². The van der Waals surface area contributed by atoms with Crippen molar-refractivity contribution in [3.8, 4) is 0 Å². The SMILES string of the molecule is CCCCCC(=O)N1CCN(c2ccc(NC(=O)[C@@H](CC)c3ccccc3)cc2)CC1. The normalized spacial score (nSPS) is 14.9. The van der Waals surface area contributed by atoms with E-state index in [0.717, 1.165) is 68.8 Å². The third-order valence-electron chi connectivity index (χ3n) is 6.05. The third kappa shape index (κ3) is 6.33. The van der Waals surface area contributed by atoms with E-state index < -0.39 is 0 Å². The molecule has 0 aromatic heterocycles. The zero-order valence-electron chi connectivity index (χ0n) is 18.8. The summed E-state index contributed by atoms with van der Waals surface area (Å²) in [4.78, 5) is 29.4. The quantitative estimate of drug-likeness (QED) is 0.577. The molecule has 1 fully saturated rings. The lowest BCUT2D eigenvalue weighted by molar-refractivity contribution is -0.131. The van der Waals surface area contributed by atoms with Gasteiger partial charge in [-0.15, -0.1) is 0 Å². The van der Waals surface area contributed by atoms with Crippen molar-refractivity contribution in [3.63, 3.8) is 0 Å². The number of rotatable bonds is 9. The fourth-order valence-electron chi connectivity index (χ4n) is 4.14. The van der Waals surface area contributed by atoms with E-state index >= 15 is 0 Å². The van der Waals surface area contributed by atoms with Crippen molar-refractivity contribution in [2.45, 2.75) is 51.9 Å². The molecule has 2 aromatic carbocycles. The van der Waals surface area contributed by atoms with E-state index in [-0.39, 0.29) is 17.7 Å². The molecule has 31 heavy (non-hydrogen) atoms. The van der Waals surface area contributed by atoms with E-state index in [1.54, 1.807) is 0 Å². The van der Waals surface area contributed by atoms with Crippen LogP contribution >= 0.6 is 0 Å². The van der Waals surface area contributed by atoms with Gasteiger partial charge in [-0.1, -0.05) is 57.0 Å². The first-order chi connectivity index (χ1) is 15.1. The van der Waals surface area contributed by atoms with E-state index in [0.29, 0.717) is 6.42 Å². The summed E-state index contributed by atoms with van der Waals surface area (Å²) in [6.07, 6.45) is 4.69. The molecule has 5 heteroatoms. The van der Waals surface area contributed by atoms with Crippen molar-refractivity contribution in [3.05, 3.63) is 60.2 Å². The van der Waals surface area contributed by atoms with E-state index in [2.05, 4.69) is 29.3 Å². The Morgan fingerprint density at radius 1 is 0.903 bits per heavy atom. The summed E-state index contributed by atoms with van der Waals surface area (Å²) < 4.78 is 0. The summed E-state index contributed by atoms with van der Waals surface area (Å²) in [7, 11) is 0. The van der Waals surface area contributed by atoms with Crippen molar-refractivity contribution in [2.75, 3.05) is 36.4 Å². The fraction of sp³-hybridized carbons (Fsp3) is 0.462. The predicted molar refractivity (Wildman–Crippen MR) is 127 cm³/mol. The van der Waals surface area contributed by atoms with Gasteiger partial charge < -0.3 is 15.1 Å². The minimum Gasteiger partial charge on any atom is -0.368 e. The van der Waals surface area contributed by atoms with Crippen LogP contribution in [-0.4, -0.2) is 42.9 Å². The van der Waals surface area contributed by atoms with E-state index in [9.17, 15) is 9.59 Å². The number of unbranched alkanes of at least 4 members (excludes halogenated alkanes) is 2. The van der Waals surface area contributed by atoms with Gasteiger partial charge in [0.2, 0.25) is 11.8 Å². The first kappa shape index (κ1) is 22.9. The van der Waals surface area contributed by atoms with Crippen LogP contribution in [0.3, 0.4) is 0 Å². The van der Waals surface area contributed by atoms with Crippen LogP contribution in [0.1, 0.15) is 57.4 Å². The van der Waals surface area contributed by atoms with Crippen LogP contribution in [0.2, 0.25) is 0 Å². The Labute approximate surface area is 186 Å². The summed E-state index contributed by atoms with van der Waals surface area (Å²) in [5.41, 5.74) is 2.99. The summed E-state index contributed by atoms with van der Waals surface area (Å²) in [6.45, 7) is 7.44. The van der Waals surface area contributed by atoms with Crippen LogP contribution in [0.5, 0.6) is 0 Å². The highest BCUT2D eigenvalue weighted by molar-refractivity contribution is 5.96. The lowest BCUT2D eigenvalue weighted by atomic mass is 9.95. The number of carbonyl (C=O) groups excluding carboxylic acids is 2. The van der Waals surface area contributed by atoms with Gasteiger partial charge in [0.05, 0.1) is 5.92 Å². The highest BCUT2D eigenvalue weighted by atomic mass is 16.2. The molecule has 166 valence electrons. The van der Waals surface area contributed by atoms with Gasteiger partial charge in [-0.2, -0.15) is 0 Å². The molecule has 1 atom stereocenters. The topological polar surface area (TPSA) is 52.7 Å². The average Bonchev–Trinajstić information content (AvgIpc) is 2.81. The predicted octanol–water partition coefficient (Wildman–Crippen LogP) is 5.05. The van der Waals surface area contributed by atoms with E-state index in [1.807, 2.05) is 54.3 Å². The number of amides is 2. The molecule has 5 nitrogen and oxygen atoms in total.